The summed E-state index contributed by atoms with van der Waals surface area (Å²) in [6.07, 6.45) is 0.765. The lowest BCUT2D eigenvalue weighted by atomic mass is 10.1. The summed E-state index contributed by atoms with van der Waals surface area (Å²) >= 11 is 3.38. The van der Waals surface area contributed by atoms with Crippen molar-refractivity contribution in [2.75, 3.05) is 12.8 Å². The van der Waals surface area contributed by atoms with Gasteiger partial charge in [0.15, 0.2) is 6.29 Å². The van der Waals surface area contributed by atoms with Crippen LogP contribution < -0.4 is 11.5 Å². The van der Waals surface area contributed by atoms with Gasteiger partial charge in [0.1, 0.15) is 17.2 Å². The Balaban J connectivity index is 0.000000263. The molecule has 0 saturated heterocycles. The average Bonchev–Trinajstić information content (AvgIpc) is 2.85. The van der Waals surface area contributed by atoms with E-state index < -0.39 is 0 Å². The van der Waals surface area contributed by atoms with Crippen molar-refractivity contribution >= 4 is 39.1 Å². The Labute approximate surface area is 162 Å². The minimum Gasteiger partial charge on any atom is -0.508 e. The smallest absolute Gasteiger partial charge is 0.154 e. The number of hydrogen-bond acceptors (Lipinski definition) is 5. The number of anilines is 1. The zero-order valence-corrected chi connectivity index (χ0v) is 17.3. The second-order valence-electron chi connectivity index (χ2n) is 5.69. The van der Waals surface area contributed by atoms with E-state index in [1.54, 1.807) is 17.7 Å². The molecule has 0 radical (unpaired) electrons. The lowest BCUT2D eigenvalue weighted by molar-refractivity contribution is 0.112. The van der Waals surface area contributed by atoms with Crippen LogP contribution in [-0.4, -0.2) is 28.0 Å². The molecule has 5 N–H and O–H groups in total. The van der Waals surface area contributed by atoms with Gasteiger partial charge in [0.2, 0.25) is 0 Å². The van der Waals surface area contributed by atoms with Crippen molar-refractivity contribution < 1.29 is 9.90 Å². The Kier molecular flexibility index (Phi) is 7.79. The fraction of sp³-hybridized carbons (Fsp3) is 0.263. The van der Waals surface area contributed by atoms with E-state index in [1.165, 1.54) is 12.6 Å². The highest BCUT2D eigenvalue weighted by atomic mass is 79.9. The van der Waals surface area contributed by atoms with E-state index in [4.69, 9.17) is 10.8 Å². The topological polar surface area (TPSA) is 107 Å². The first-order chi connectivity index (χ1) is 12.3. The number of aldehydes is 1. The van der Waals surface area contributed by atoms with Crippen LogP contribution in [0.5, 0.6) is 5.75 Å². The molecule has 0 amide bonds. The van der Waals surface area contributed by atoms with Crippen molar-refractivity contribution in [1.82, 2.24) is 9.55 Å². The van der Waals surface area contributed by atoms with Gasteiger partial charge in [-0.1, -0.05) is 17.7 Å². The van der Waals surface area contributed by atoms with Crippen LogP contribution in [0.15, 0.2) is 28.7 Å². The van der Waals surface area contributed by atoms with Gasteiger partial charge in [0.25, 0.3) is 0 Å². The van der Waals surface area contributed by atoms with Crippen molar-refractivity contribution in [3.05, 3.63) is 51.1 Å². The lowest BCUT2D eigenvalue weighted by Crippen LogP contribution is -1.98. The minimum atomic E-state index is 0.376. The molecule has 0 aliphatic rings. The molecular formula is C19H25BrN4O2. The molecule has 3 aromatic rings. The third-order valence-electron chi connectivity index (χ3n) is 3.85. The van der Waals surface area contributed by atoms with Crippen LogP contribution in [0.1, 0.15) is 27.2 Å². The SMILES string of the molecule is CN.Cc1ccc(O)c(C)c1.Cc1nc2c(cc1Br)c(C=O)c(N)n2C. The molecule has 7 heteroatoms. The molecule has 0 unspecified atom stereocenters. The van der Waals surface area contributed by atoms with Crippen LogP contribution in [0, 0.1) is 20.8 Å². The molecule has 6 nitrogen and oxygen atoms in total. The van der Waals surface area contributed by atoms with Crippen LogP contribution in [0.3, 0.4) is 0 Å². The van der Waals surface area contributed by atoms with E-state index in [0.717, 1.165) is 33.0 Å². The summed E-state index contributed by atoms with van der Waals surface area (Å²) in [6, 6.07) is 7.43. The van der Waals surface area contributed by atoms with E-state index in [0.29, 0.717) is 17.1 Å². The van der Waals surface area contributed by atoms with E-state index >= 15 is 0 Å². The van der Waals surface area contributed by atoms with E-state index in [9.17, 15) is 4.79 Å². The number of aromatic nitrogens is 2. The highest BCUT2D eigenvalue weighted by Gasteiger charge is 2.14. The third kappa shape index (κ3) is 4.62. The van der Waals surface area contributed by atoms with E-state index in [-0.39, 0.29) is 0 Å². The molecule has 0 bridgehead atoms. The summed E-state index contributed by atoms with van der Waals surface area (Å²) in [7, 11) is 3.30. The summed E-state index contributed by atoms with van der Waals surface area (Å²) in [5, 5.41) is 9.82. The van der Waals surface area contributed by atoms with Gasteiger partial charge in [-0.25, -0.2) is 4.98 Å². The van der Waals surface area contributed by atoms with Crippen LogP contribution in [-0.2, 0) is 7.05 Å². The predicted octanol–water partition coefficient (Wildman–Crippen LogP) is 3.62. The number of nitrogens with two attached hydrogens (primary N) is 2. The number of nitrogens with zero attached hydrogens (tertiary/aromatic N) is 2. The van der Waals surface area contributed by atoms with Gasteiger partial charge in [-0.15, -0.1) is 0 Å². The highest BCUT2D eigenvalue weighted by Crippen LogP contribution is 2.28. The van der Waals surface area contributed by atoms with Gasteiger partial charge in [0, 0.05) is 16.9 Å². The number of rotatable bonds is 1. The first-order valence-corrected chi connectivity index (χ1v) is 8.75. The number of pyridine rings is 1. The number of benzene rings is 1. The van der Waals surface area contributed by atoms with Crippen molar-refractivity contribution in [2.45, 2.75) is 20.8 Å². The van der Waals surface area contributed by atoms with Crippen LogP contribution in [0.25, 0.3) is 11.0 Å². The highest BCUT2D eigenvalue weighted by molar-refractivity contribution is 9.10. The molecule has 3 rings (SSSR count). The lowest BCUT2D eigenvalue weighted by Gasteiger charge is -2.00. The maximum atomic E-state index is 10.9. The molecule has 0 atom stereocenters. The number of carbonyl (C=O) groups is 1. The van der Waals surface area contributed by atoms with Gasteiger partial charge in [-0.3, -0.25) is 4.79 Å². The number of hydrogen-bond donors (Lipinski definition) is 3. The first kappa shape index (κ1) is 21.7. The average molecular weight is 421 g/mol. The zero-order valence-electron chi connectivity index (χ0n) is 15.7. The zero-order chi connectivity index (χ0) is 20.0. The second kappa shape index (κ2) is 9.35. The molecule has 1 aromatic carbocycles. The largest absolute Gasteiger partial charge is 0.508 e. The molecule has 2 aromatic heterocycles. The Hall–Kier alpha value is -2.38. The molecule has 26 heavy (non-hydrogen) atoms. The first-order valence-electron chi connectivity index (χ1n) is 7.96. The summed E-state index contributed by atoms with van der Waals surface area (Å²) in [6.45, 7) is 5.79. The summed E-state index contributed by atoms with van der Waals surface area (Å²) in [5.74, 6) is 0.825. The number of phenols is 1. The van der Waals surface area contributed by atoms with Gasteiger partial charge >= 0.3 is 0 Å². The quantitative estimate of drug-likeness (QED) is 0.521. The van der Waals surface area contributed by atoms with Gasteiger partial charge < -0.3 is 21.1 Å². The van der Waals surface area contributed by atoms with E-state index in [2.05, 4.69) is 26.6 Å². The Morgan fingerprint density at radius 2 is 1.81 bits per heavy atom. The fourth-order valence-electron chi connectivity index (χ4n) is 2.38. The second-order valence-corrected chi connectivity index (χ2v) is 6.55. The Morgan fingerprint density at radius 3 is 2.31 bits per heavy atom. The number of carbonyl (C=O) groups excluding carboxylic acids is 1. The number of fused-ring (bicyclic) bond motifs is 1. The molecule has 0 saturated carbocycles. The maximum absolute atomic E-state index is 10.9. The normalized spacial score (nSPS) is 9.81. The monoisotopic (exact) mass is 420 g/mol. The molecular weight excluding hydrogens is 396 g/mol. The molecule has 0 spiro atoms. The molecule has 140 valence electrons. The van der Waals surface area contributed by atoms with Crippen molar-refractivity contribution in [3.63, 3.8) is 0 Å². The van der Waals surface area contributed by atoms with Crippen molar-refractivity contribution in [1.29, 1.82) is 0 Å². The van der Waals surface area contributed by atoms with Crippen molar-refractivity contribution in [3.8, 4) is 5.75 Å². The van der Waals surface area contributed by atoms with Crippen LogP contribution in [0.4, 0.5) is 5.82 Å². The number of aromatic hydroxyl groups is 1. The standard InChI is InChI=1S/C10H10BrN3O.C8H10O.CH5N/c1-5-8(11)3-6-7(4-15)9(12)14(2)10(6)13-5;1-6-3-4-8(9)7(2)5-6;1-2/h3-4H,12H2,1-2H3;3-5,9H,1-2H3;2H2,1H3. The molecule has 0 fully saturated rings. The number of aryl methyl sites for hydroxylation is 4. The Bertz CT molecular complexity index is 920. The number of nitrogen functional groups attached to an aromatic ring is 1. The molecule has 0 aliphatic heterocycles. The van der Waals surface area contributed by atoms with Crippen LogP contribution in [0.2, 0.25) is 0 Å². The number of phenolic OH excluding ortho intramolecular Hbond substituents is 1. The predicted molar refractivity (Wildman–Crippen MR) is 111 cm³/mol. The van der Waals surface area contributed by atoms with Crippen molar-refractivity contribution in [2.24, 2.45) is 12.8 Å². The number of halogens is 1. The summed E-state index contributed by atoms with van der Waals surface area (Å²) < 4.78 is 2.60. The molecule has 2 heterocycles. The van der Waals surface area contributed by atoms with Gasteiger partial charge in [-0.05, 0) is 61.4 Å². The maximum Gasteiger partial charge on any atom is 0.154 e. The third-order valence-corrected chi connectivity index (χ3v) is 4.65. The summed E-state index contributed by atoms with van der Waals surface area (Å²) in [4.78, 5) is 15.3. The minimum absolute atomic E-state index is 0.376. The Morgan fingerprint density at radius 1 is 1.19 bits per heavy atom. The van der Waals surface area contributed by atoms with E-state index in [1.807, 2.05) is 39.0 Å². The van der Waals surface area contributed by atoms with Crippen LogP contribution >= 0.6 is 15.9 Å². The summed E-state index contributed by atoms with van der Waals surface area (Å²) in [5.41, 5.74) is 14.5. The fourth-order valence-corrected chi connectivity index (χ4v) is 2.70. The molecule has 0 aliphatic carbocycles. The van der Waals surface area contributed by atoms with Gasteiger partial charge in [0.05, 0.1) is 11.3 Å². The van der Waals surface area contributed by atoms with Gasteiger partial charge in [-0.2, -0.15) is 0 Å².